The number of benzene rings is 2. The number of hydrogen-bond donors (Lipinski definition) is 2. The van der Waals surface area contributed by atoms with Crippen molar-refractivity contribution in [2.24, 2.45) is 0 Å². The Kier molecular flexibility index (Phi) is 7.63. The molecule has 2 N–H and O–H groups in total. The molecule has 1 aromatic heterocycles. The van der Waals surface area contributed by atoms with Crippen molar-refractivity contribution in [3.8, 4) is 11.6 Å². The molecule has 7 nitrogen and oxygen atoms in total. The number of para-hydroxylation sites is 1. The normalized spacial score (nSPS) is 11.5. The third kappa shape index (κ3) is 8.02. The maximum atomic E-state index is 13.4. The molecule has 35 heavy (non-hydrogen) atoms. The van der Waals surface area contributed by atoms with E-state index in [9.17, 15) is 22.8 Å². The molecule has 10 heteroatoms. The van der Waals surface area contributed by atoms with Gasteiger partial charge in [-0.05, 0) is 62.7 Å². The number of alkyl carbamates (subject to hydrolysis) is 1. The Labute approximate surface area is 200 Å². The zero-order valence-corrected chi connectivity index (χ0v) is 19.3. The maximum Gasteiger partial charge on any atom is 0.433 e. The fraction of sp³-hybridized carbons (Fsp3) is 0.240. The molecule has 0 bridgehead atoms. The number of aromatic nitrogens is 1. The van der Waals surface area contributed by atoms with Crippen molar-refractivity contribution in [1.29, 1.82) is 0 Å². The highest BCUT2D eigenvalue weighted by Crippen LogP contribution is 2.31. The van der Waals surface area contributed by atoms with E-state index in [4.69, 9.17) is 9.47 Å². The van der Waals surface area contributed by atoms with E-state index in [1.807, 2.05) is 6.07 Å². The SMILES string of the molecule is CC(C)(C)OC(=O)NCc1cc(Oc2cccc(C(=O)Nc3ccccc3)c2)nc(C(F)(F)F)c1. The Bertz CT molecular complexity index is 1190. The van der Waals surface area contributed by atoms with Crippen LogP contribution in [-0.4, -0.2) is 22.6 Å². The smallest absolute Gasteiger partial charge is 0.433 e. The minimum Gasteiger partial charge on any atom is -0.444 e. The van der Waals surface area contributed by atoms with Crippen molar-refractivity contribution >= 4 is 17.7 Å². The highest BCUT2D eigenvalue weighted by molar-refractivity contribution is 6.04. The highest BCUT2D eigenvalue weighted by Gasteiger charge is 2.33. The topological polar surface area (TPSA) is 89.5 Å². The summed E-state index contributed by atoms with van der Waals surface area (Å²) in [6.45, 7) is 4.76. The van der Waals surface area contributed by atoms with Crippen molar-refractivity contribution in [3.05, 3.63) is 83.6 Å². The quantitative estimate of drug-likeness (QED) is 0.434. The number of carbonyl (C=O) groups excluding carboxylic acids is 2. The van der Waals surface area contributed by atoms with Gasteiger partial charge in [0.05, 0.1) is 0 Å². The van der Waals surface area contributed by atoms with Crippen LogP contribution in [0.1, 0.15) is 42.4 Å². The zero-order valence-electron chi connectivity index (χ0n) is 19.3. The van der Waals surface area contributed by atoms with E-state index in [1.54, 1.807) is 51.1 Å². The van der Waals surface area contributed by atoms with Crippen molar-refractivity contribution in [2.75, 3.05) is 5.32 Å². The molecule has 0 saturated heterocycles. The van der Waals surface area contributed by atoms with E-state index in [-0.39, 0.29) is 29.3 Å². The summed E-state index contributed by atoms with van der Waals surface area (Å²) in [6.07, 6.45) is -5.51. The second kappa shape index (κ2) is 10.5. The van der Waals surface area contributed by atoms with Gasteiger partial charge >= 0.3 is 12.3 Å². The largest absolute Gasteiger partial charge is 0.444 e. The van der Waals surface area contributed by atoms with Gasteiger partial charge in [-0.3, -0.25) is 4.79 Å². The lowest BCUT2D eigenvalue weighted by atomic mass is 10.2. The summed E-state index contributed by atoms with van der Waals surface area (Å²) >= 11 is 0. The number of ether oxygens (including phenoxy) is 2. The fourth-order valence-corrected chi connectivity index (χ4v) is 2.89. The standard InChI is InChI=1S/C25H24F3N3O4/c1-24(2,3)35-23(33)29-15-16-12-20(25(26,27)28)31-21(13-16)34-19-11-7-8-17(14-19)22(32)30-18-9-5-4-6-10-18/h4-14H,15H2,1-3H3,(H,29,33)(H,30,32). The Hall–Kier alpha value is -4.08. The van der Waals surface area contributed by atoms with Crippen LogP contribution < -0.4 is 15.4 Å². The second-order valence-corrected chi connectivity index (χ2v) is 8.50. The number of nitrogens with zero attached hydrogens (tertiary/aromatic N) is 1. The van der Waals surface area contributed by atoms with Gasteiger partial charge in [-0.1, -0.05) is 24.3 Å². The van der Waals surface area contributed by atoms with Gasteiger partial charge in [-0.15, -0.1) is 0 Å². The summed E-state index contributed by atoms with van der Waals surface area (Å²) in [5.41, 5.74) is -1.01. The summed E-state index contributed by atoms with van der Waals surface area (Å²) in [4.78, 5) is 27.9. The predicted molar refractivity (Wildman–Crippen MR) is 123 cm³/mol. The minimum atomic E-state index is -4.74. The summed E-state index contributed by atoms with van der Waals surface area (Å²) in [5.74, 6) is -0.647. The second-order valence-electron chi connectivity index (χ2n) is 8.50. The molecule has 3 rings (SSSR count). The van der Waals surface area contributed by atoms with E-state index in [0.29, 0.717) is 5.69 Å². The first kappa shape index (κ1) is 25.5. The summed E-state index contributed by atoms with van der Waals surface area (Å²) in [6, 6.07) is 16.8. The van der Waals surface area contributed by atoms with Crippen LogP contribution in [0.25, 0.3) is 0 Å². The number of amides is 2. The van der Waals surface area contributed by atoms with Crippen LogP contribution in [0.2, 0.25) is 0 Å². The number of carbonyl (C=O) groups is 2. The first-order valence-corrected chi connectivity index (χ1v) is 10.6. The summed E-state index contributed by atoms with van der Waals surface area (Å²) < 4.78 is 50.9. The number of anilines is 1. The fourth-order valence-electron chi connectivity index (χ4n) is 2.89. The van der Waals surface area contributed by atoms with Crippen molar-refractivity contribution in [2.45, 2.75) is 39.1 Å². The van der Waals surface area contributed by atoms with Gasteiger partial charge in [0, 0.05) is 23.9 Å². The molecule has 0 atom stereocenters. The Morgan fingerprint density at radius 1 is 0.943 bits per heavy atom. The summed E-state index contributed by atoms with van der Waals surface area (Å²) in [5, 5.41) is 5.13. The van der Waals surface area contributed by atoms with Crippen LogP contribution >= 0.6 is 0 Å². The molecule has 0 radical (unpaired) electrons. The Morgan fingerprint density at radius 2 is 1.66 bits per heavy atom. The third-order valence-corrected chi connectivity index (χ3v) is 4.34. The van der Waals surface area contributed by atoms with Crippen LogP contribution in [0.3, 0.4) is 0 Å². The highest BCUT2D eigenvalue weighted by atomic mass is 19.4. The van der Waals surface area contributed by atoms with Crippen molar-refractivity contribution < 1.29 is 32.2 Å². The predicted octanol–water partition coefficient (Wildman–Crippen LogP) is 6.17. The van der Waals surface area contributed by atoms with E-state index in [2.05, 4.69) is 15.6 Å². The van der Waals surface area contributed by atoms with E-state index < -0.39 is 29.5 Å². The molecule has 0 aliphatic rings. The van der Waals surface area contributed by atoms with Gasteiger partial charge in [0.2, 0.25) is 5.88 Å². The molecule has 0 fully saturated rings. The number of hydrogen-bond acceptors (Lipinski definition) is 5. The van der Waals surface area contributed by atoms with Crippen LogP contribution in [0, 0.1) is 0 Å². The molecule has 3 aromatic rings. The van der Waals surface area contributed by atoms with Gasteiger partial charge in [-0.25, -0.2) is 9.78 Å². The average Bonchev–Trinajstić information content (AvgIpc) is 2.77. The van der Waals surface area contributed by atoms with E-state index in [0.717, 1.165) is 6.07 Å². The van der Waals surface area contributed by atoms with Crippen LogP contribution in [0.15, 0.2) is 66.7 Å². The number of nitrogens with one attached hydrogen (secondary N) is 2. The molecule has 2 amide bonds. The number of halogens is 3. The first-order chi connectivity index (χ1) is 16.4. The lowest BCUT2D eigenvalue weighted by molar-refractivity contribution is -0.141. The molecule has 2 aromatic carbocycles. The lowest BCUT2D eigenvalue weighted by Crippen LogP contribution is -2.32. The third-order valence-electron chi connectivity index (χ3n) is 4.34. The molecular weight excluding hydrogens is 463 g/mol. The molecule has 0 unspecified atom stereocenters. The molecular formula is C25H24F3N3O4. The Balaban J connectivity index is 1.78. The first-order valence-electron chi connectivity index (χ1n) is 10.6. The molecule has 1 heterocycles. The molecule has 0 spiro atoms. The van der Waals surface area contributed by atoms with Crippen LogP contribution in [0.5, 0.6) is 11.6 Å². The zero-order chi connectivity index (χ0) is 25.6. The van der Waals surface area contributed by atoms with Crippen LogP contribution in [0.4, 0.5) is 23.7 Å². The molecule has 184 valence electrons. The molecule has 0 saturated carbocycles. The number of alkyl halides is 3. The number of pyridine rings is 1. The average molecular weight is 487 g/mol. The van der Waals surface area contributed by atoms with Gasteiger partial charge in [-0.2, -0.15) is 13.2 Å². The van der Waals surface area contributed by atoms with Gasteiger partial charge in [0.25, 0.3) is 5.91 Å². The van der Waals surface area contributed by atoms with Gasteiger partial charge in [0.15, 0.2) is 0 Å². The number of rotatable bonds is 6. The van der Waals surface area contributed by atoms with Crippen molar-refractivity contribution in [3.63, 3.8) is 0 Å². The maximum absolute atomic E-state index is 13.4. The lowest BCUT2D eigenvalue weighted by Gasteiger charge is -2.20. The molecule has 0 aliphatic heterocycles. The Morgan fingerprint density at radius 3 is 2.31 bits per heavy atom. The van der Waals surface area contributed by atoms with Gasteiger partial charge in [0.1, 0.15) is 17.0 Å². The monoisotopic (exact) mass is 487 g/mol. The van der Waals surface area contributed by atoms with E-state index >= 15 is 0 Å². The summed E-state index contributed by atoms with van der Waals surface area (Å²) in [7, 11) is 0. The van der Waals surface area contributed by atoms with E-state index in [1.165, 1.54) is 24.3 Å². The van der Waals surface area contributed by atoms with Gasteiger partial charge < -0.3 is 20.1 Å². The minimum absolute atomic E-state index is 0.103. The van der Waals surface area contributed by atoms with Crippen molar-refractivity contribution in [1.82, 2.24) is 10.3 Å². The molecule has 0 aliphatic carbocycles. The van der Waals surface area contributed by atoms with Crippen LogP contribution in [-0.2, 0) is 17.5 Å².